The zero-order valence-corrected chi connectivity index (χ0v) is 12.2. The van der Waals surface area contributed by atoms with Gasteiger partial charge < -0.3 is 5.11 Å². The molecular formula is C17H22FNO2. The fourth-order valence-electron chi connectivity index (χ4n) is 4.14. The molecule has 2 aliphatic rings. The highest BCUT2D eigenvalue weighted by atomic mass is 19.1. The summed E-state index contributed by atoms with van der Waals surface area (Å²) in [5.41, 5.74) is 1.01. The van der Waals surface area contributed by atoms with E-state index in [2.05, 4.69) is 4.90 Å². The molecule has 1 aliphatic carbocycles. The number of hydrogen-bond donors (Lipinski definition) is 1. The maximum absolute atomic E-state index is 13.0. The number of rotatable bonds is 3. The summed E-state index contributed by atoms with van der Waals surface area (Å²) in [6.45, 7) is 2.19. The molecule has 1 aliphatic heterocycles. The van der Waals surface area contributed by atoms with Crippen LogP contribution in [0.1, 0.15) is 37.7 Å². The second kappa shape index (κ2) is 5.76. The Labute approximate surface area is 124 Å². The molecule has 3 rings (SSSR count). The number of carboxylic acids is 1. The first kappa shape index (κ1) is 14.5. The van der Waals surface area contributed by atoms with Crippen molar-refractivity contribution in [1.82, 2.24) is 4.90 Å². The second-order valence-electron chi connectivity index (χ2n) is 6.61. The lowest BCUT2D eigenvalue weighted by atomic mass is 9.68. The lowest BCUT2D eigenvalue weighted by Crippen LogP contribution is -2.36. The maximum atomic E-state index is 13.0. The molecule has 1 atom stereocenters. The van der Waals surface area contributed by atoms with Gasteiger partial charge in [0.05, 0.1) is 5.92 Å². The quantitative estimate of drug-likeness (QED) is 0.929. The van der Waals surface area contributed by atoms with Crippen molar-refractivity contribution >= 4 is 5.97 Å². The van der Waals surface area contributed by atoms with E-state index in [-0.39, 0.29) is 17.2 Å². The molecule has 1 heterocycles. The molecule has 0 radical (unpaired) electrons. The van der Waals surface area contributed by atoms with Crippen molar-refractivity contribution in [3.8, 4) is 0 Å². The van der Waals surface area contributed by atoms with E-state index in [9.17, 15) is 14.3 Å². The number of nitrogens with zero attached hydrogens (tertiary/aromatic N) is 1. The molecule has 1 aromatic rings. The average molecular weight is 291 g/mol. The largest absolute Gasteiger partial charge is 0.481 e. The molecule has 1 saturated carbocycles. The van der Waals surface area contributed by atoms with Crippen LogP contribution in [0, 0.1) is 17.2 Å². The van der Waals surface area contributed by atoms with E-state index in [0.717, 1.165) is 37.8 Å². The Balaban J connectivity index is 1.73. The van der Waals surface area contributed by atoms with Crippen molar-refractivity contribution in [2.45, 2.75) is 38.6 Å². The highest BCUT2D eigenvalue weighted by molar-refractivity contribution is 5.72. The Bertz CT molecular complexity index is 508. The van der Waals surface area contributed by atoms with Gasteiger partial charge in [-0.05, 0) is 36.0 Å². The molecule has 114 valence electrons. The molecule has 3 nitrogen and oxygen atoms in total. The first-order chi connectivity index (χ1) is 10.1. The fourth-order valence-corrected chi connectivity index (χ4v) is 4.14. The van der Waals surface area contributed by atoms with Crippen LogP contribution in [0.2, 0.25) is 0 Å². The number of likely N-dealkylation sites (tertiary alicyclic amines) is 1. The monoisotopic (exact) mass is 291 g/mol. The minimum atomic E-state index is -0.654. The molecule has 0 bridgehead atoms. The van der Waals surface area contributed by atoms with E-state index in [0.29, 0.717) is 13.1 Å². The van der Waals surface area contributed by atoms with Crippen LogP contribution in [0.25, 0.3) is 0 Å². The van der Waals surface area contributed by atoms with Crippen molar-refractivity contribution in [2.75, 3.05) is 13.1 Å². The van der Waals surface area contributed by atoms with E-state index in [4.69, 9.17) is 0 Å². The highest BCUT2D eigenvalue weighted by Crippen LogP contribution is 2.47. The number of aliphatic carboxylic acids is 1. The van der Waals surface area contributed by atoms with Crippen LogP contribution in [0.4, 0.5) is 4.39 Å². The van der Waals surface area contributed by atoms with Gasteiger partial charge in [-0.25, -0.2) is 4.39 Å². The summed E-state index contributed by atoms with van der Waals surface area (Å²) in [7, 11) is 0. The minimum absolute atomic E-state index is 0.0376. The minimum Gasteiger partial charge on any atom is -0.481 e. The lowest BCUT2D eigenvalue weighted by Gasteiger charge is -2.36. The summed E-state index contributed by atoms with van der Waals surface area (Å²) < 4.78 is 13.0. The summed E-state index contributed by atoms with van der Waals surface area (Å²) in [6.07, 6.45) is 5.59. The van der Waals surface area contributed by atoms with Gasteiger partial charge in [-0.15, -0.1) is 0 Å². The van der Waals surface area contributed by atoms with Crippen LogP contribution >= 0.6 is 0 Å². The molecule has 2 fully saturated rings. The van der Waals surface area contributed by atoms with Crippen molar-refractivity contribution in [3.05, 3.63) is 35.6 Å². The van der Waals surface area contributed by atoms with Crippen LogP contribution < -0.4 is 0 Å². The maximum Gasteiger partial charge on any atom is 0.308 e. The third-order valence-corrected chi connectivity index (χ3v) is 5.19. The molecule has 4 heteroatoms. The summed E-state index contributed by atoms with van der Waals surface area (Å²) in [4.78, 5) is 13.9. The van der Waals surface area contributed by atoms with Gasteiger partial charge in [0.15, 0.2) is 0 Å². The van der Waals surface area contributed by atoms with Gasteiger partial charge in [0.1, 0.15) is 5.82 Å². The highest BCUT2D eigenvalue weighted by Gasteiger charge is 2.50. The molecule has 1 aromatic carbocycles. The molecule has 0 aromatic heterocycles. The zero-order valence-electron chi connectivity index (χ0n) is 12.2. The van der Waals surface area contributed by atoms with Gasteiger partial charge in [0.2, 0.25) is 0 Å². The fraction of sp³-hybridized carbons (Fsp3) is 0.588. The second-order valence-corrected chi connectivity index (χ2v) is 6.61. The summed E-state index contributed by atoms with van der Waals surface area (Å²) in [5.74, 6) is -1.14. The van der Waals surface area contributed by atoms with Crippen LogP contribution in [-0.2, 0) is 11.3 Å². The summed E-state index contributed by atoms with van der Waals surface area (Å²) in [6, 6.07) is 6.51. The van der Waals surface area contributed by atoms with Crippen molar-refractivity contribution in [1.29, 1.82) is 0 Å². The predicted octanol–water partition coefficient (Wildman–Crippen LogP) is 3.29. The van der Waals surface area contributed by atoms with Crippen molar-refractivity contribution in [2.24, 2.45) is 11.3 Å². The molecule has 21 heavy (non-hydrogen) atoms. The Hall–Kier alpha value is -1.42. The molecule has 0 amide bonds. The normalized spacial score (nSPS) is 25.3. The number of hydrogen-bond acceptors (Lipinski definition) is 2. The van der Waals surface area contributed by atoms with Crippen molar-refractivity contribution < 1.29 is 14.3 Å². The number of halogens is 1. The van der Waals surface area contributed by atoms with Gasteiger partial charge in [0, 0.05) is 19.6 Å². The van der Waals surface area contributed by atoms with Crippen LogP contribution in [-0.4, -0.2) is 29.1 Å². The third kappa shape index (κ3) is 2.95. The van der Waals surface area contributed by atoms with Crippen LogP contribution in [0.5, 0.6) is 0 Å². The lowest BCUT2D eigenvalue weighted by molar-refractivity contribution is -0.145. The van der Waals surface area contributed by atoms with E-state index >= 15 is 0 Å². The molecule has 1 saturated heterocycles. The first-order valence-corrected chi connectivity index (χ1v) is 7.79. The van der Waals surface area contributed by atoms with E-state index in [1.165, 1.54) is 18.6 Å². The number of benzene rings is 1. The van der Waals surface area contributed by atoms with Crippen LogP contribution in [0.3, 0.4) is 0 Å². The smallest absolute Gasteiger partial charge is 0.308 e. The predicted molar refractivity (Wildman–Crippen MR) is 78.3 cm³/mol. The first-order valence-electron chi connectivity index (χ1n) is 7.79. The Kier molecular flexibility index (Phi) is 3.98. The number of carbonyl (C=O) groups is 1. The van der Waals surface area contributed by atoms with Gasteiger partial charge in [-0.3, -0.25) is 9.69 Å². The Morgan fingerprint density at radius 3 is 2.52 bits per heavy atom. The van der Waals surface area contributed by atoms with E-state index in [1.54, 1.807) is 12.1 Å². The van der Waals surface area contributed by atoms with E-state index < -0.39 is 5.97 Å². The van der Waals surface area contributed by atoms with E-state index in [1.807, 2.05) is 0 Å². The molecule has 0 unspecified atom stereocenters. The van der Waals surface area contributed by atoms with Gasteiger partial charge in [-0.1, -0.05) is 31.4 Å². The third-order valence-electron chi connectivity index (χ3n) is 5.19. The molecule has 1 spiro atoms. The molecular weight excluding hydrogens is 269 g/mol. The van der Waals surface area contributed by atoms with Crippen LogP contribution in [0.15, 0.2) is 24.3 Å². The zero-order chi connectivity index (χ0) is 14.9. The summed E-state index contributed by atoms with van der Waals surface area (Å²) >= 11 is 0. The Morgan fingerprint density at radius 2 is 1.90 bits per heavy atom. The molecule has 1 N–H and O–H groups in total. The summed E-state index contributed by atoms with van der Waals surface area (Å²) in [5, 5.41) is 9.57. The average Bonchev–Trinajstić information content (AvgIpc) is 2.80. The van der Waals surface area contributed by atoms with Gasteiger partial charge >= 0.3 is 5.97 Å². The standard InChI is InChI=1S/C17H22FNO2/c18-14-6-4-13(5-7-14)10-19-11-15(16(20)21)17(12-19)8-2-1-3-9-17/h4-7,15H,1-3,8-12H2,(H,20,21)/t15-/m0/s1. The van der Waals surface area contributed by atoms with Crippen molar-refractivity contribution in [3.63, 3.8) is 0 Å². The van der Waals surface area contributed by atoms with Gasteiger partial charge in [-0.2, -0.15) is 0 Å². The SMILES string of the molecule is O=C(O)[C@@H]1CN(Cc2ccc(F)cc2)CC12CCCCC2. The van der Waals surface area contributed by atoms with Gasteiger partial charge in [0.25, 0.3) is 0 Å². The number of carboxylic acid groups (broad SMARTS) is 1. The topological polar surface area (TPSA) is 40.5 Å². The Morgan fingerprint density at radius 1 is 1.24 bits per heavy atom.